The van der Waals surface area contributed by atoms with E-state index in [9.17, 15) is 14.4 Å². The summed E-state index contributed by atoms with van der Waals surface area (Å²) in [6.07, 6.45) is 6.13. The Morgan fingerprint density at radius 3 is 2.21 bits per heavy atom. The van der Waals surface area contributed by atoms with Crippen LogP contribution in [-0.2, 0) is 4.74 Å². The number of aryl methyl sites for hydroxylation is 1. The van der Waals surface area contributed by atoms with Crippen molar-refractivity contribution < 1.29 is 24.2 Å². The molecule has 4 aromatic carbocycles. The van der Waals surface area contributed by atoms with Gasteiger partial charge in [0.25, 0.3) is 0 Å². The van der Waals surface area contributed by atoms with Crippen LogP contribution in [0.1, 0.15) is 53.4 Å². The van der Waals surface area contributed by atoms with Gasteiger partial charge >= 0.3 is 12.1 Å². The number of ether oxygens (including phenoxy) is 1. The highest BCUT2D eigenvalue weighted by atomic mass is 79.9. The van der Waals surface area contributed by atoms with Gasteiger partial charge in [-0.05, 0) is 135 Å². The molecule has 0 bridgehead atoms. The highest BCUT2D eigenvalue weighted by Gasteiger charge is 2.20. The SMILES string of the molecule is CC(=O)c1cc2ccc(Br)cc2[nH]1.CC(C)(C)OC(=O)n1ncc2cc(Nc3ccnc(Cl)n3)ccc21.Cc1cnc(Cl)nc1Nc1ccc2[nH]ncc2c1.O=C(O)c1cc2ccc(Br)cc2s1. The first-order valence-electron chi connectivity index (χ1n) is 20.2. The topological polar surface area (TPSA) is 219 Å². The average Bonchev–Trinajstić information content (AvgIpc) is 4.10. The fourth-order valence-electron chi connectivity index (χ4n) is 6.22. The van der Waals surface area contributed by atoms with Crippen molar-refractivity contribution in [1.29, 1.82) is 0 Å². The van der Waals surface area contributed by atoms with E-state index >= 15 is 0 Å². The highest BCUT2D eigenvalue weighted by molar-refractivity contribution is 9.10. The molecule has 6 heterocycles. The first kappa shape index (κ1) is 49.1. The molecule has 0 aliphatic heterocycles. The predicted octanol–water partition coefficient (Wildman–Crippen LogP) is 13.6. The monoisotopic (exact) mass is 1100 g/mol. The van der Waals surface area contributed by atoms with Crippen molar-refractivity contribution in [3.63, 3.8) is 0 Å². The maximum absolute atomic E-state index is 12.2. The van der Waals surface area contributed by atoms with E-state index in [0.29, 0.717) is 27.7 Å². The van der Waals surface area contributed by atoms with Crippen molar-refractivity contribution in [2.75, 3.05) is 10.6 Å². The summed E-state index contributed by atoms with van der Waals surface area (Å²) >= 11 is 19.6. The van der Waals surface area contributed by atoms with Gasteiger partial charge in [0.2, 0.25) is 10.6 Å². The number of aromatic carboxylic acids is 1. The summed E-state index contributed by atoms with van der Waals surface area (Å²) < 4.78 is 9.56. The van der Waals surface area contributed by atoms with Crippen LogP contribution in [0.2, 0.25) is 10.6 Å². The van der Waals surface area contributed by atoms with E-state index in [1.54, 1.807) is 49.9 Å². The number of fused-ring (bicyclic) bond motifs is 4. The Kier molecular flexibility index (Phi) is 15.5. The standard InChI is InChI=1S/C16H16ClN5O2.C12H10ClN5.C10H8BrNO.C9H5BrO2S/c1-16(2,3)24-15(23)22-12-5-4-11(8-10(12)9-19-22)20-13-6-7-18-14(17)21-13;1-7-5-14-12(13)17-11(7)16-9-2-3-10-8(4-9)6-15-18-10;1-6(13)9-4-7-2-3-8(11)5-10(7)12-9;10-6-2-1-5-3-8(9(11)12)13-7(5)4-6/h4-9H,1-3H3,(H,18,20,21);2-6H,1H3,(H,15,18)(H,14,16,17);2-5,12H,1H3;1-4H,(H,11,12). The summed E-state index contributed by atoms with van der Waals surface area (Å²) in [4.78, 5) is 53.3. The van der Waals surface area contributed by atoms with E-state index in [-0.39, 0.29) is 16.4 Å². The number of nitrogens with zero attached hydrogens (tertiary/aromatic N) is 7. The van der Waals surface area contributed by atoms with Gasteiger partial charge < -0.3 is 25.5 Å². The molecule has 0 fully saturated rings. The molecule has 68 heavy (non-hydrogen) atoms. The number of anilines is 4. The third kappa shape index (κ3) is 13.0. The molecule has 0 saturated carbocycles. The third-order valence-corrected chi connectivity index (χ3v) is 11.8. The lowest BCUT2D eigenvalue weighted by Crippen LogP contribution is -2.27. The van der Waals surface area contributed by atoms with Crippen LogP contribution >= 0.6 is 66.4 Å². The summed E-state index contributed by atoms with van der Waals surface area (Å²) in [5, 5.41) is 30.4. The smallest absolute Gasteiger partial charge is 0.435 e. The number of ketones is 1. The Labute approximate surface area is 418 Å². The number of benzene rings is 4. The average molecular weight is 1100 g/mol. The molecular formula is C47H39Br2Cl2N11O5S. The summed E-state index contributed by atoms with van der Waals surface area (Å²) in [7, 11) is 0. The number of Topliss-reactive ketones (excluding diaryl/α,β-unsaturated/α-hetero) is 1. The van der Waals surface area contributed by atoms with Gasteiger partial charge in [-0.25, -0.2) is 29.5 Å². The number of hydrogen-bond acceptors (Lipinski definition) is 13. The molecule has 0 unspecified atom stereocenters. The normalized spacial score (nSPS) is 11.0. The summed E-state index contributed by atoms with van der Waals surface area (Å²) in [6, 6.07) is 28.3. The molecule has 21 heteroatoms. The lowest BCUT2D eigenvalue weighted by molar-refractivity contribution is 0.0522. The summed E-state index contributed by atoms with van der Waals surface area (Å²) in [5.41, 5.74) is 5.39. The van der Waals surface area contributed by atoms with Gasteiger partial charge in [0.15, 0.2) is 5.78 Å². The number of carboxylic acids is 1. The van der Waals surface area contributed by atoms with E-state index in [0.717, 1.165) is 63.2 Å². The van der Waals surface area contributed by atoms with E-state index < -0.39 is 17.7 Å². The lowest BCUT2D eigenvalue weighted by atomic mass is 10.2. The van der Waals surface area contributed by atoms with E-state index in [1.165, 1.54) is 16.0 Å². The van der Waals surface area contributed by atoms with Crippen LogP contribution in [0.25, 0.3) is 42.8 Å². The van der Waals surface area contributed by atoms with E-state index in [4.69, 9.17) is 33.0 Å². The van der Waals surface area contributed by atoms with E-state index in [2.05, 4.69) is 82.7 Å². The van der Waals surface area contributed by atoms with Crippen LogP contribution in [0.5, 0.6) is 0 Å². The maximum atomic E-state index is 12.2. The molecule has 0 radical (unpaired) electrons. The molecule has 346 valence electrons. The Morgan fingerprint density at radius 1 is 0.765 bits per heavy atom. The first-order valence-corrected chi connectivity index (χ1v) is 23.4. The number of rotatable bonds is 6. The number of carbonyl (C=O) groups excluding carboxylic acids is 2. The number of hydrogen-bond donors (Lipinski definition) is 5. The van der Waals surface area contributed by atoms with Crippen LogP contribution < -0.4 is 10.6 Å². The van der Waals surface area contributed by atoms with Crippen molar-refractivity contribution in [3.05, 3.63) is 151 Å². The zero-order valence-corrected chi connectivity index (χ0v) is 42.1. The molecule has 10 rings (SSSR count). The Bertz CT molecular complexity index is 3370. The van der Waals surface area contributed by atoms with Crippen LogP contribution in [0.15, 0.2) is 125 Å². The fraction of sp³-hybridized carbons (Fsp3) is 0.128. The van der Waals surface area contributed by atoms with Crippen molar-refractivity contribution in [3.8, 4) is 0 Å². The minimum Gasteiger partial charge on any atom is -0.477 e. The molecule has 5 N–H and O–H groups in total. The van der Waals surface area contributed by atoms with Crippen molar-refractivity contribution >= 4 is 150 Å². The molecule has 6 aromatic heterocycles. The molecule has 0 atom stereocenters. The number of H-pyrrole nitrogens is 2. The number of nitrogens with one attached hydrogen (secondary N) is 4. The number of carboxylic acid groups (broad SMARTS) is 1. The Balaban J connectivity index is 0.000000139. The van der Waals surface area contributed by atoms with E-state index in [1.807, 2.05) is 100 Å². The van der Waals surface area contributed by atoms with Gasteiger partial charge in [0.05, 0.1) is 29.1 Å². The molecule has 0 aliphatic carbocycles. The molecule has 0 spiro atoms. The van der Waals surface area contributed by atoms with Gasteiger partial charge in [0.1, 0.15) is 22.1 Å². The van der Waals surface area contributed by atoms with Crippen LogP contribution in [0, 0.1) is 6.92 Å². The van der Waals surface area contributed by atoms with Gasteiger partial charge in [-0.1, -0.05) is 44.0 Å². The number of carbonyl (C=O) groups is 3. The molecular weight excluding hydrogens is 1060 g/mol. The zero-order valence-electron chi connectivity index (χ0n) is 36.6. The molecule has 10 aromatic rings. The number of thiophene rings is 1. The van der Waals surface area contributed by atoms with Gasteiger partial charge in [-0.3, -0.25) is 9.89 Å². The van der Waals surface area contributed by atoms with Gasteiger partial charge in [0, 0.05) is 71.6 Å². The second-order valence-electron chi connectivity index (χ2n) is 15.7. The number of aromatic amines is 2. The number of aromatic nitrogens is 9. The predicted molar refractivity (Wildman–Crippen MR) is 275 cm³/mol. The highest BCUT2D eigenvalue weighted by Crippen LogP contribution is 2.29. The number of halogens is 4. The maximum Gasteiger partial charge on any atom is 0.435 e. The van der Waals surface area contributed by atoms with Crippen LogP contribution in [-0.4, -0.2) is 73.5 Å². The van der Waals surface area contributed by atoms with Gasteiger partial charge in [-0.15, -0.1) is 11.3 Å². The fourth-order valence-corrected chi connectivity index (χ4v) is 8.31. The Hall–Kier alpha value is -6.77. The zero-order chi connectivity index (χ0) is 48.7. The second kappa shape index (κ2) is 21.5. The minimum absolute atomic E-state index is 0.0623. The molecule has 0 amide bonds. The summed E-state index contributed by atoms with van der Waals surface area (Å²) in [5.74, 6) is 0.483. The largest absolute Gasteiger partial charge is 0.477 e. The van der Waals surface area contributed by atoms with Crippen molar-refractivity contribution in [2.45, 2.75) is 40.2 Å². The van der Waals surface area contributed by atoms with Crippen LogP contribution in [0.3, 0.4) is 0 Å². The summed E-state index contributed by atoms with van der Waals surface area (Å²) in [6.45, 7) is 8.91. The van der Waals surface area contributed by atoms with Gasteiger partial charge in [-0.2, -0.15) is 14.9 Å². The quantitative estimate of drug-likeness (QED) is 0.0774. The van der Waals surface area contributed by atoms with Crippen LogP contribution in [0.4, 0.5) is 27.8 Å². The second-order valence-corrected chi connectivity index (χ2v) is 19.3. The first-order chi connectivity index (χ1) is 32.4. The third-order valence-electron chi connectivity index (χ3n) is 9.34. The molecule has 0 saturated heterocycles. The molecule has 0 aliphatic rings. The van der Waals surface area contributed by atoms with Crippen molar-refractivity contribution in [1.82, 2.24) is 44.9 Å². The Morgan fingerprint density at radius 2 is 1.47 bits per heavy atom. The molecule has 16 nitrogen and oxygen atoms in total. The van der Waals surface area contributed by atoms with Crippen molar-refractivity contribution in [2.24, 2.45) is 0 Å². The lowest BCUT2D eigenvalue weighted by Gasteiger charge is -2.19. The minimum atomic E-state index is -0.864.